The van der Waals surface area contributed by atoms with E-state index >= 15 is 0 Å². The van der Waals surface area contributed by atoms with Crippen LogP contribution in [0.3, 0.4) is 0 Å². The number of rotatable bonds is 8. The number of carbonyl (C=O) groups excluding carboxylic acids is 2. The van der Waals surface area contributed by atoms with Crippen LogP contribution in [-0.4, -0.2) is 36.3 Å². The van der Waals surface area contributed by atoms with Crippen molar-refractivity contribution in [1.29, 1.82) is 0 Å². The molecule has 1 aromatic rings. The second-order valence-electron chi connectivity index (χ2n) is 8.27. The third-order valence-electron chi connectivity index (χ3n) is 6.40. The number of methoxy groups -OCH3 is 1. The number of imide groups is 1. The molecule has 158 valence electrons. The van der Waals surface area contributed by atoms with Crippen molar-refractivity contribution < 1.29 is 19.1 Å². The van der Waals surface area contributed by atoms with E-state index in [1.54, 1.807) is 19.4 Å². The van der Waals surface area contributed by atoms with Crippen molar-refractivity contribution in [3.63, 3.8) is 0 Å². The van der Waals surface area contributed by atoms with Crippen LogP contribution in [0.5, 0.6) is 11.5 Å². The highest BCUT2D eigenvalue weighted by atomic mass is 16.5. The Hall–Kier alpha value is -2.89. The molecule has 0 aromatic heterocycles. The minimum atomic E-state index is -0.248. The number of benzene rings is 1. The van der Waals surface area contributed by atoms with Crippen molar-refractivity contribution in [3.8, 4) is 11.5 Å². The maximum absolute atomic E-state index is 12.8. The van der Waals surface area contributed by atoms with Crippen LogP contribution in [0.25, 0.3) is 0 Å². The first-order chi connectivity index (χ1) is 14.5. The van der Waals surface area contributed by atoms with Crippen LogP contribution < -0.4 is 9.47 Å². The van der Waals surface area contributed by atoms with Gasteiger partial charge < -0.3 is 9.47 Å². The van der Waals surface area contributed by atoms with E-state index in [1.165, 1.54) is 0 Å². The van der Waals surface area contributed by atoms with Crippen LogP contribution in [-0.2, 0) is 16.0 Å². The lowest BCUT2D eigenvalue weighted by Gasteiger charge is -2.19. The molecular formula is C24H28N2O4. The van der Waals surface area contributed by atoms with Gasteiger partial charge in [0.2, 0.25) is 0 Å². The molecule has 30 heavy (non-hydrogen) atoms. The van der Waals surface area contributed by atoms with Gasteiger partial charge in [0.1, 0.15) is 0 Å². The molecule has 5 atom stereocenters. The van der Waals surface area contributed by atoms with Crippen molar-refractivity contribution in [3.05, 3.63) is 48.1 Å². The third-order valence-corrected chi connectivity index (χ3v) is 6.40. The van der Waals surface area contributed by atoms with Gasteiger partial charge in [-0.25, -0.2) is 0 Å². The number of ether oxygens (including phenoxy) is 2. The molecule has 1 saturated carbocycles. The predicted molar refractivity (Wildman–Crippen MR) is 114 cm³/mol. The minimum absolute atomic E-state index is 0.0465. The molecule has 0 spiro atoms. The van der Waals surface area contributed by atoms with Gasteiger partial charge in [0.25, 0.3) is 11.8 Å². The van der Waals surface area contributed by atoms with E-state index in [2.05, 4.69) is 30.8 Å². The lowest BCUT2D eigenvalue weighted by molar-refractivity contribution is -0.140. The van der Waals surface area contributed by atoms with Crippen molar-refractivity contribution in [2.75, 3.05) is 7.11 Å². The van der Waals surface area contributed by atoms with Gasteiger partial charge in [-0.15, -0.1) is 6.58 Å². The van der Waals surface area contributed by atoms with Crippen LogP contribution in [0, 0.1) is 23.7 Å². The molecule has 2 bridgehead atoms. The summed E-state index contributed by atoms with van der Waals surface area (Å²) in [6, 6.07) is 3.74. The second-order valence-corrected chi connectivity index (χ2v) is 8.27. The highest BCUT2D eigenvalue weighted by Crippen LogP contribution is 2.52. The summed E-state index contributed by atoms with van der Waals surface area (Å²) in [4.78, 5) is 25.6. The van der Waals surface area contributed by atoms with Crippen LogP contribution in [0.15, 0.2) is 42.0 Å². The number of hydrogen-bond donors (Lipinski definition) is 0. The number of hydrazone groups is 1. The fourth-order valence-electron chi connectivity index (χ4n) is 4.76. The highest BCUT2D eigenvalue weighted by molar-refractivity contribution is 6.06. The van der Waals surface area contributed by atoms with E-state index in [0.29, 0.717) is 17.9 Å². The molecule has 4 rings (SSSR count). The zero-order chi connectivity index (χ0) is 21.4. The van der Waals surface area contributed by atoms with Gasteiger partial charge in [-0.05, 0) is 55.7 Å². The lowest BCUT2D eigenvalue weighted by Crippen LogP contribution is -2.28. The number of nitrogens with zero attached hydrogens (tertiary/aromatic N) is 2. The minimum Gasteiger partial charge on any atom is -0.493 e. The van der Waals surface area contributed by atoms with E-state index in [9.17, 15) is 9.59 Å². The molecule has 6 nitrogen and oxygen atoms in total. The summed E-state index contributed by atoms with van der Waals surface area (Å²) in [5.41, 5.74) is 1.66. The molecule has 1 aliphatic heterocycles. The van der Waals surface area contributed by atoms with Crippen LogP contribution in [0.1, 0.15) is 37.8 Å². The summed E-state index contributed by atoms with van der Waals surface area (Å²) in [5, 5.41) is 5.34. The van der Waals surface area contributed by atoms with E-state index in [-0.39, 0.29) is 41.6 Å². The van der Waals surface area contributed by atoms with Gasteiger partial charge in [0, 0.05) is 5.56 Å². The summed E-state index contributed by atoms with van der Waals surface area (Å²) >= 11 is 0. The normalized spacial score (nSPS) is 27.8. The summed E-state index contributed by atoms with van der Waals surface area (Å²) < 4.78 is 11.6. The molecule has 6 heteroatoms. The maximum atomic E-state index is 12.8. The molecule has 3 aliphatic rings. The van der Waals surface area contributed by atoms with Gasteiger partial charge in [0.05, 0.1) is 31.3 Å². The maximum Gasteiger partial charge on any atom is 0.254 e. The number of fused-ring (bicyclic) bond motifs is 5. The summed E-state index contributed by atoms with van der Waals surface area (Å²) in [6.07, 6.45) is 9.93. The van der Waals surface area contributed by atoms with Crippen molar-refractivity contribution in [2.45, 2.75) is 39.2 Å². The monoisotopic (exact) mass is 408 g/mol. The molecule has 0 radical (unpaired) electrons. The number of hydrogen-bond acceptors (Lipinski definition) is 5. The highest BCUT2D eigenvalue weighted by Gasteiger charge is 2.59. The van der Waals surface area contributed by atoms with Gasteiger partial charge in [-0.2, -0.15) is 10.1 Å². The SMILES string of the molecule is C=CCc1cc(C=NN2C(=O)C3C4C=CC(C4)C3C2=O)cc(OC)c1OC(C)CC. The Morgan fingerprint density at radius 1 is 1.23 bits per heavy atom. The zero-order valence-electron chi connectivity index (χ0n) is 17.7. The third kappa shape index (κ3) is 3.34. The van der Waals surface area contributed by atoms with Crippen molar-refractivity contribution in [2.24, 2.45) is 28.8 Å². The Kier molecular flexibility index (Phi) is 5.50. The molecule has 2 fully saturated rings. The number of carbonyl (C=O) groups is 2. The first-order valence-electron chi connectivity index (χ1n) is 10.6. The van der Waals surface area contributed by atoms with E-state index < -0.39 is 0 Å². The summed E-state index contributed by atoms with van der Waals surface area (Å²) in [6.45, 7) is 7.90. The Morgan fingerprint density at radius 2 is 1.90 bits per heavy atom. The predicted octanol–water partition coefficient (Wildman–Crippen LogP) is 3.74. The molecule has 1 heterocycles. The zero-order valence-corrected chi connectivity index (χ0v) is 17.7. The first-order valence-corrected chi connectivity index (χ1v) is 10.6. The lowest BCUT2D eigenvalue weighted by atomic mass is 9.85. The standard InChI is InChI=1S/C24H28N2O4/c1-5-7-18-10-15(11-19(29-4)22(18)30-14(3)6-2)13-25-26-23(27)20-16-8-9-17(12-16)21(20)24(26)28/h5,8-11,13-14,16-17,20-21H,1,6-7,12H2,2-4H3. The number of allylic oxidation sites excluding steroid dienone is 3. The average molecular weight is 408 g/mol. The molecule has 5 unspecified atom stereocenters. The summed E-state index contributed by atoms with van der Waals surface area (Å²) in [7, 11) is 1.59. The number of amides is 2. The van der Waals surface area contributed by atoms with Gasteiger partial charge >= 0.3 is 0 Å². The van der Waals surface area contributed by atoms with Gasteiger partial charge in [-0.3, -0.25) is 9.59 Å². The molecular weight excluding hydrogens is 380 g/mol. The quantitative estimate of drug-likeness (QED) is 0.373. The van der Waals surface area contributed by atoms with E-state index in [4.69, 9.17) is 9.47 Å². The molecule has 2 aliphatic carbocycles. The molecule has 1 saturated heterocycles. The summed E-state index contributed by atoms with van der Waals surface area (Å²) in [5.74, 6) is 0.759. The van der Waals surface area contributed by atoms with E-state index in [1.807, 2.05) is 19.1 Å². The smallest absolute Gasteiger partial charge is 0.254 e. The first kappa shape index (κ1) is 20.4. The topological polar surface area (TPSA) is 68.2 Å². The van der Waals surface area contributed by atoms with Crippen molar-refractivity contribution in [1.82, 2.24) is 5.01 Å². The van der Waals surface area contributed by atoms with Crippen LogP contribution >= 0.6 is 0 Å². The second kappa shape index (κ2) is 8.09. The van der Waals surface area contributed by atoms with Gasteiger partial charge in [0.15, 0.2) is 11.5 Å². The van der Waals surface area contributed by atoms with Crippen LogP contribution in [0.2, 0.25) is 0 Å². The fourth-order valence-corrected chi connectivity index (χ4v) is 4.76. The van der Waals surface area contributed by atoms with E-state index in [0.717, 1.165) is 29.0 Å². The molecule has 0 N–H and O–H groups in total. The Morgan fingerprint density at radius 3 is 2.47 bits per heavy atom. The Labute approximate surface area is 177 Å². The van der Waals surface area contributed by atoms with Gasteiger partial charge in [-0.1, -0.05) is 25.2 Å². The molecule has 2 amide bonds. The average Bonchev–Trinajstić information content (AvgIpc) is 3.42. The Balaban J connectivity index is 1.61. The Bertz CT molecular complexity index is 905. The fraction of sp³-hybridized carbons (Fsp3) is 0.458. The van der Waals surface area contributed by atoms with Crippen molar-refractivity contribution >= 4 is 18.0 Å². The largest absolute Gasteiger partial charge is 0.493 e. The van der Waals surface area contributed by atoms with Crippen LogP contribution in [0.4, 0.5) is 0 Å². The molecule has 1 aromatic carbocycles.